The topological polar surface area (TPSA) is 68.4 Å². The third-order valence-corrected chi connectivity index (χ3v) is 2.40. The van der Waals surface area contributed by atoms with Crippen molar-refractivity contribution >= 4 is 22.8 Å². The SMILES string of the molecule is CCC(=O)Oc1c[nH]c2cccc(OC(C)=O)c12. The second kappa shape index (κ2) is 4.91. The Morgan fingerprint density at radius 2 is 2.00 bits per heavy atom. The number of ether oxygens (including phenoxy) is 2. The van der Waals surface area contributed by atoms with Gasteiger partial charge in [-0.25, -0.2) is 0 Å². The highest BCUT2D eigenvalue weighted by Crippen LogP contribution is 2.34. The summed E-state index contributed by atoms with van der Waals surface area (Å²) in [4.78, 5) is 25.3. The van der Waals surface area contributed by atoms with Crippen LogP contribution in [0.4, 0.5) is 0 Å². The van der Waals surface area contributed by atoms with Gasteiger partial charge in [-0.2, -0.15) is 0 Å². The second-order valence-corrected chi connectivity index (χ2v) is 3.75. The number of nitrogens with one attached hydrogen (secondary N) is 1. The van der Waals surface area contributed by atoms with Crippen molar-refractivity contribution in [1.29, 1.82) is 0 Å². The Morgan fingerprint density at radius 1 is 1.22 bits per heavy atom. The van der Waals surface area contributed by atoms with Crippen molar-refractivity contribution in [2.45, 2.75) is 20.3 Å². The summed E-state index contributed by atoms with van der Waals surface area (Å²) in [6.45, 7) is 3.04. The maximum absolute atomic E-state index is 11.3. The van der Waals surface area contributed by atoms with Gasteiger partial charge >= 0.3 is 11.9 Å². The van der Waals surface area contributed by atoms with Crippen LogP contribution in [-0.4, -0.2) is 16.9 Å². The fraction of sp³-hybridized carbons (Fsp3) is 0.231. The molecule has 5 heteroatoms. The zero-order valence-corrected chi connectivity index (χ0v) is 10.1. The van der Waals surface area contributed by atoms with Gasteiger partial charge in [-0.15, -0.1) is 0 Å². The summed E-state index contributed by atoms with van der Waals surface area (Å²) in [5.74, 6) is -0.0150. The van der Waals surface area contributed by atoms with Gasteiger partial charge in [0.25, 0.3) is 0 Å². The van der Waals surface area contributed by atoms with Crippen molar-refractivity contribution in [3.63, 3.8) is 0 Å². The maximum Gasteiger partial charge on any atom is 0.310 e. The molecule has 0 aliphatic carbocycles. The molecule has 0 spiro atoms. The first-order chi connectivity index (χ1) is 8.61. The van der Waals surface area contributed by atoms with Gasteiger partial charge in [0.15, 0.2) is 5.75 Å². The van der Waals surface area contributed by atoms with Crippen molar-refractivity contribution in [1.82, 2.24) is 4.98 Å². The van der Waals surface area contributed by atoms with E-state index >= 15 is 0 Å². The van der Waals surface area contributed by atoms with Gasteiger partial charge in [0, 0.05) is 19.5 Å². The van der Waals surface area contributed by atoms with Crippen LogP contribution < -0.4 is 9.47 Å². The average Bonchev–Trinajstić information content (AvgIpc) is 2.73. The van der Waals surface area contributed by atoms with Gasteiger partial charge < -0.3 is 14.5 Å². The van der Waals surface area contributed by atoms with Crippen molar-refractivity contribution in [2.24, 2.45) is 0 Å². The van der Waals surface area contributed by atoms with E-state index in [9.17, 15) is 9.59 Å². The minimum Gasteiger partial charge on any atom is -0.426 e. The molecule has 0 atom stereocenters. The van der Waals surface area contributed by atoms with Crippen molar-refractivity contribution in [2.75, 3.05) is 0 Å². The first-order valence-electron chi connectivity index (χ1n) is 5.61. The van der Waals surface area contributed by atoms with E-state index in [0.29, 0.717) is 16.9 Å². The first kappa shape index (κ1) is 12.2. The van der Waals surface area contributed by atoms with Crippen LogP contribution in [0.2, 0.25) is 0 Å². The standard InChI is InChI=1S/C13H13NO4/c1-3-12(16)18-11-7-14-9-5-4-6-10(13(9)11)17-8(2)15/h4-7,14H,3H2,1-2H3. The zero-order valence-electron chi connectivity index (χ0n) is 10.1. The largest absolute Gasteiger partial charge is 0.426 e. The number of rotatable bonds is 3. The third-order valence-electron chi connectivity index (χ3n) is 2.40. The number of aromatic amines is 1. The molecule has 0 aliphatic heterocycles. The number of esters is 2. The molecule has 0 amide bonds. The van der Waals surface area contributed by atoms with Gasteiger partial charge in [0.05, 0.1) is 10.9 Å². The van der Waals surface area contributed by atoms with Crippen LogP contribution in [0.5, 0.6) is 11.5 Å². The highest BCUT2D eigenvalue weighted by atomic mass is 16.5. The molecule has 5 nitrogen and oxygen atoms in total. The molecule has 18 heavy (non-hydrogen) atoms. The molecule has 1 heterocycles. The molecule has 0 fully saturated rings. The van der Waals surface area contributed by atoms with Crippen LogP contribution in [0.1, 0.15) is 20.3 Å². The number of carbonyl (C=O) groups is 2. The number of hydrogen-bond acceptors (Lipinski definition) is 4. The normalized spacial score (nSPS) is 10.3. The molecule has 0 saturated heterocycles. The molecule has 0 bridgehead atoms. The second-order valence-electron chi connectivity index (χ2n) is 3.75. The minimum atomic E-state index is -0.420. The Hall–Kier alpha value is -2.30. The van der Waals surface area contributed by atoms with Crippen LogP contribution in [0.3, 0.4) is 0 Å². The number of H-pyrrole nitrogens is 1. The van der Waals surface area contributed by atoms with Crippen LogP contribution in [0.15, 0.2) is 24.4 Å². The van der Waals surface area contributed by atoms with Crippen molar-refractivity contribution in [3.05, 3.63) is 24.4 Å². The highest BCUT2D eigenvalue weighted by Gasteiger charge is 2.14. The summed E-state index contributed by atoms with van der Waals surface area (Å²) in [5, 5.41) is 0.592. The highest BCUT2D eigenvalue weighted by molar-refractivity contribution is 5.95. The molecule has 1 aromatic carbocycles. The average molecular weight is 247 g/mol. The predicted octanol–water partition coefficient (Wildman–Crippen LogP) is 2.41. The molecule has 0 aliphatic rings. The van der Waals surface area contributed by atoms with E-state index in [1.165, 1.54) is 6.92 Å². The van der Waals surface area contributed by atoms with E-state index < -0.39 is 5.97 Å². The predicted molar refractivity (Wildman–Crippen MR) is 65.5 cm³/mol. The first-order valence-corrected chi connectivity index (χ1v) is 5.61. The molecule has 1 N–H and O–H groups in total. The molecule has 94 valence electrons. The summed E-state index contributed by atoms with van der Waals surface area (Å²) < 4.78 is 10.3. The summed E-state index contributed by atoms with van der Waals surface area (Å²) in [6.07, 6.45) is 1.85. The van der Waals surface area contributed by atoms with Crippen LogP contribution >= 0.6 is 0 Å². The molecular formula is C13H13NO4. The smallest absolute Gasteiger partial charge is 0.310 e. The van der Waals surface area contributed by atoms with E-state index in [1.807, 2.05) is 6.07 Å². The fourth-order valence-electron chi connectivity index (χ4n) is 1.64. The number of aromatic nitrogens is 1. The van der Waals surface area contributed by atoms with Gasteiger partial charge in [-0.1, -0.05) is 13.0 Å². The Labute approximate surface area is 104 Å². The van der Waals surface area contributed by atoms with E-state index in [-0.39, 0.29) is 12.4 Å². The summed E-state index contributed by atoms with van der Waals surface area (Å²) in [6, 6.07) is 5.22. The van der Waals surface area contributed by atoms with Gasteiger partial charge in [-0.05, 0) is 12.1 Å². The van der Waals surface area contributed by atoms with Gasteiger partial charge in [0.2, 0.25) is 0 Å². The number of fused-ring (bicyclic) bond motifs is 1. The molecule has 2 aromatic rings. The van der Waals surface area contributed by atoms with Crippen LogP contribution in [0, 0.1) is 0 Å². The van der Waals surface area contributed by atoms with E-state index in [1.54, 1.807) is 25.3 Å². The van der Waals surface area contributed by atoms with E-state index in [4.69, 9.17) is 9.47 Å². The minimum absolute atomic E-state index is 0.280. The zero-order chi connectivity index (χ0) is 13.1. The molecule has 0 unspecified atom stereocenters. The Bertz CT molecular complexity index is 600. The number of hydrogen-bond donors (Lipinski definition) is 1. The molecule has 0 saturated carbocycles. The number of carbonyl (C=O) groups excluding carboxylic acids is 2. The summed E-state index contributed by atoms with van der Waals surface area (Å²) in [5.41, 5.74) is 0.743. The van der Waals surface area contributed by atoms with Crippen LogP contribution in [-0.2, 0) is 9.59 Å². The lowest BCUT2D eigenvalue weighted by Gasteiger charge is -2.05. The monoisotopic (exact) mass is 247 g/mol. The van der Waals surface area contributed by atoms with Gasteiger partial charge in [0.1, 0.15) is 5.75 Å². The quantitative estimate of drug-likeness (QED) is 0.668. The number of benzene rings is 1. The van der Waals surface area contributed by atoms with Crippen LogP contribution in [0.25, 0.3) is 10.9 Å². The lowest BCUT2D eigenvalue weighted by Crippen LogP contribution is -2.06. The summed E-state index contributed by atoms with van der Waals surface area (Å²) in [7, 11) is 0. The van der Waals surface area contributed by atoms with Gasteiger partial charge in [-0.3, -0.25) is 9.59 Å². The molecule has 2 rings (SSSR count). The lowest BCUT2D eigenvalue weighted by atomic mass is 10.2. The summed E-state index contributed by atoms with van der Waals surface area (Å²) >= 11 is 0. The molecule has 0 radical (unpaired) electrons. The van der Waals surface area contributed by atoms with Crippen molar-refractivity contribution in [3.8, 4) is 11.5 Å². The maximum atomic E-state index is 11.3. The van der Waals surface area contributed by atoms with Crippen molar-refractivity contribution < 1.29 is 19.1 Å². The van der Waals surface area contributed by atoms with E-state index in [0.717, 1.165) is 5.52 Å². The molecular weight excluding hydrogens is 234 g/mol. The molecule has 1 aromatic heterocycles. The third kappa shape index (κ3) is 2.34. The van der Waals surface area contributed by atoms with E-state index in [2.05, 4.69) is 4.98 Å². The Balaban J connectivity index is 2.47. The Kier molecular flexibility index (Phi) is 3.32. The Morgan fingerprint density at radius 3 is 2.67 bits per heavy atom. The fourth-order valence-corrected chi connectivity index (χ4v) is 1.64. The lowest BCUT2D eigenvalue weighted by molar-refractivity contribution is -0.134.